The number of hydrogen-bond acceptors (Lipinski definition) is 1. The summed E-state index contributed by atoms with van der Waals surface area (Å²) in [6.45, 7) is 3.40. The summed E-state index contributed by atoms with van der Waals surface area (Å²) in [4.78, 5) is 11.7. The van der Waals surface area contributed by atoms with E-state index < -0.39 is 10.1 Å². The van der Waals surface area contributed by atoms with Crippen LogP contribution in [0.2, 0.25) is 5.02 Å². The van der Waals surface area contributed by atoms with E-state index in [9.17, 15) is 9.18 Å². The molecule has 0 atom stereocenters. The van der Waals surface area contributed by atoms with Crippen molar-refractivity contribution in [3.05, 3.63) is 27.4 Å². The molecule has 1 amide bonds. The van der Waals surface area contributed by atoms with E-state index in [1.54, 1.807) is 13.8 Å². The third-order valence-electron chi connectivity index (χ3n) is 1.79. The summed E-state index contributed by atoms with van der Waals surface area (Å²) in [7, 11) is 0. The molecule has 0 aromatic heterocycles. The number of alkyl halides is 1. The zero-order valence-corrected chi connectivity index (χ0v) is 12.5. The first-order chi connectivity index (χ1) is 7.21. The Morgan fingerprint density at radius 2 is 2.06 bits per heavy atom. The number of carbonyl (C=O) groups is 1. The predicted octanol–water partition coefficient (Wildman–Crippen LogP) is 4.35. The highest BCUT2D eigenvalue weighted by Gasteiger charge is 2.25. The van der Waals surface area contributed by atoms with Crippen LogP contribution < -0.4 is 5.32 Å². The van der Waals surface area contributed by atoms with E-state index in [0.29, 0.717) is 10.2 Å². The maximum Gasteiger partial charge on any atom is 0.240 e. The van der Waals surface area contributed by atoms with Gasteiger partial charge in [-0.3, -0.25) is 4.79 Å². The molecule has 0 unspecified atom stereocenters. The predicted molar refractivity (Wildman–Crippen MR) is 70.7 cm³/mol. The highest BCUT2D eigenvalue weighted by Crippen LogP contribution is 2.32. The van der Waals surface area contributed by atoms with Crippen LogP contribution in [-0.2, 0) is 4.79 Å². The summed E-state index contributed by atoms with van der Waals surface area (Å²) < 4.78 is 12.6. The zero-order valence-electron chi connectivity index (χ0n) is 8.57. The normalized spacial score (nSPS) is 11.4. The van der Waals surface area contributed by atoms with Gasteiger partial charge in [0.25, 0.3) is 0 Å². The Morgan fingerprint density at radius 3 is 2.50 bits per heavy atom. The lowest BCUT2D eigenvalue weighted by Gasteiger charge is -2.17. The van der Waals surface area contributed by atoms with Crippen LogP contribution in [0.3, 0.4) is 0 Å². The van der Waals surface area contributed by atoms with Crippen LogP contribution in [-0.4, -0.2) is 10.2 Å². The standard InChI is InChI=1S/C10H9Br2ClFNO/c1-10(2,12)9(16)15-8-6(11)3-5(14)4-7(8)13/h3-4H,1-2H3,(H,15,16). The summed E-state index contributed by atoms with van der Waals surface area (Å²) in [5.74, 6) is -0.727. The molecule has 0 aliphatic heterocycles. The summed E-state index contributed by atoms with van der Waals surface area (Å²) in [6, 6.07) is 2.38. The van der Waals surface area contributed by atoms with Crippen molar-refractivity contribution in [3.8, 4) is 0 Å². The maximum atomic E-state index is 12.9. The van der Waals surface area contributed by atoms with Gasteiger partial charge < -0.3 is 5.32 Å². The number of hydrogen-bond donors (Lipinski definition) is 1. The molecule has 0 bridgehead atoms. The van der Waals surface area contributed by atoms with Gasteiger partial charge in [-0.2, -0.15) is 0 Å². The van der Waals surface area contributed by atoms with Crippen LogP contribution in [0.4, 0.5) is 10.1 Å². The van der Waals surface area contributed by atoms with Gasteiger partial charge in [0.2, 0.25) is 5.91 Å². The number of halogens is 4. The number of benzene rings is 1. The van der Waals surface area contributed by atoms with E-state index in [4.69, 9.17) is 11.6 Å². The quantitative estimate of drug-likeness (QED) is 0.767. The second-order valence-corrected chi connectivity index (χ2v) is 6.92. The number of anilines is 1. The second-order valence-electron chi connectivity index (χ2n) is 3.67. The van der Waals surface area contributed by atoms with Gasteiger partial charge in [0.15, 0.2) is 0 Å². The molecule has 1 rings (SSSR count). The molecule has 0 saturated heterocycles. The number of amides is 1. The Kier molecular flexibility index (Phi) is 4.37. The average molecular weight is 373 g/mol. The average Bonchev–Trinajstić information content (AvgIpc) is 2.08. The zero-order chi connectivity index (χ0) is 12.5. The van der Waals surface area contributed by atoms with Crippen molar-refractivity contribution in [3.63, 3.8) is 0 Å². The third kappa shape index (κ3) is 3.43. The summed E-state index contributed by atoms with van der Waals surface area (Å²) in [5, 5.41) is 2.76. The topological polar surface area (TPSA) is 29.1 Å². The first-order valence-corrected chi connectivity index (χ1v) is 6.33. The second kappa shape index (κ2) is 5.02. The van der Waals surface area contributed by atoms with Crippen LogP contribution in [0.1, 0.15) is 13.8 Å². The Bertz CT molecular complexity index is 408. The number of rotatable bonds is 2. The molecule has 0 heterocycles. The van der Waals surface area contributed by atoms with Crippen LogP contribution in [0.5, 0.6) is 0 Å². The Labute approximate surface area is 115 Å². The molecule has 6 heteroatoms. The lowest BCUT2D eigenvalue weighted by Crippen LogP contribution is -2.31. The summed E-state index contributed by atoms with van der Waals surface area (Å²) >= 11 is 12.2. The van der Waals surface area contributed by atoms with Crippen LogP contribution in [0.15, 0.2) is 16.6 Å². The molecule has 88 valence electrons. The number of carbonyl (C=O) groups excluding carboxylic acids is 1. The Hall–Kier alpha value is -0.130. The fraction of sp³-hybridized carbons (Fsp3) is 0.300. The van der Waals surface area contributed by atoms with Crippen molar-refractivity contribution in [2.45, 2.75) is 18.2 Å². The van der Waals surface area contributed by atoms with Gasteiger partial charge in [-0.25, -0.2) is 4.39 Å². The van der Waals surface area contributed by atoms with Crippen molar-refractivity contribution in [2.24, 2.45) is 0 Å². The molecule has 0 aliphatic carbocycles. The molecule has 0 spiro atoms. The molecule has 0 saturated carbocycles. The van der Waals surface area contributed by atoms with Crippen LogP contribution in [0, 0.1) is 5.82 Å². The Balaban J connectivity index is 3.03. The maximum absolute atomic E-state index is 12.9. The first kappa shape index (κ1) is 13.9. The van der Waals surface area contributed by atoms with Crippen molar-refractivity contribution in [1.82, 2.24) is 0 Å². The monoisotopic (exact) mass is 371 g/mol. The molecular formula is C10H9Br2ClFNO. The van der Waals surface area contributed by atoms with Crippen LogP contribution in [0.25, 0.3) is 0 Å². The highest BCUT2D eigenvalue weighted by molar-refractivity contribution is 9.10. The van der Waals surface area contributed by atoms with Gasteiger partial charge in [-0.15, -0.1) is 0 Å². The van der Waals surface area contributed by atoms with Gasteiger partial charge in [0.05, 0.1) is 15.0 Å². The number of nitrogens with one attached hydrogen (secondary N) is 1. The molecule has 0 aliphatic rings. The van der Waals surface area contributed by atoms with E-state index >= 15 is 0 Å². The fourth-order valence-electron chi connectivity index (χ4n) is 0.924. The lowest BCUT2D eigenvalue weighted by atomic mass is 10.2. The minimum absolute atomic E-state index is 0.150. The molecule has 16 heavy (non-hydrogen) atoms. The smallest absolute Gasteiger partial charge is 0.240 e. The van der Waals surface area contributed by atoms with Gasteiger partial charge >= 0.3 is 0 Å². The SMILES string of the molecule is CC(C)(Br)C(=O)Nc1c(Cl)cc(F)cc1Br. The van der Waals surface area contributed by atoms with E-state index in [-0.39, 0.29) is 10.9 Å². The molecule has 1 aromatic carbocycles. The molecule has 1 aromatic rings. The van der Waals surface area contributed by atoms with E-state index in [1.165, 1.54) is 6.07 Å². The Morgan fingerprint density at radius 1 is 1.50 bits per heavy atom. The van der Waals surface area contributed by atoms with Gasteiger partial charge in [0.1, 0.15) is 5.82 Å². The molecular weight excluding hydrogens is 364 g/mol. The van der Waals surface area contributed by atoms with E-state index in [2.05, 4.69) is 37.2 Å². The first-order valence-electron chi connectivity index (χ1n) is 4.36. The summed E-state index contributed by atoms with van der Waals surface area (Å²) in [6.07, 6.45) is 0. The van der Waals surface area contributed by atoms with Crippen molar-refractivity contribution in [2.75, 3.05) is 5.32 Å². The van der Waals surface area contributed by atoms with Crippen molar-refractivity contribution in [1.29, 1.82) is 0 Å². The van der Waals surface area contributed by atoms with Gasteiger partial charge in [-0.05, 0) is 41.9 Å². The van der Waals surface area contributed by atoms with Gasteiger partial charge in [-0.1, -0.05) is 27.5 Å². The molecule has 0 radical (unpaired) electrons. The lowest BCUT2D eigenvalue weighted by molar-refractivity contribution is -0.117. The summed E-state index contributed by atoms with van der Waals surface area (Å²) in [5.41, 5.74) is 0.362. The minimum Gasteiger partial charge on any atom is -0.323 e. The molecule has 2 nitrogen and oxygen atoms in total. The van der Waals surface area contributed by atoms with Crippen molar-refractivity contribution < 1.29 is 9.18 Å². The molecule has 1 N–H and O–H groups in total. The van der Waals surface area contributed by atoms with Crippen LogP contribution >= 0.6 is 43.5 Å². The van der Waals surface area contributed by atoms with Gasteiger partial charge in [0, 0.05) is 4.47 Å². The van der Waals surface area contributed by atoms with Crippen molar-refractivity contribution >= 4 is 55.1 Å². The fourth-order valence-corrected chi connectivity index (χ4v) is 1.92. The third-order valence-corrected chi connectivity index (χ3v) is 3.07. The molecule has 0 fully saturated rings. The largest absolute Gasteiger partial charge is 0.323 e. The van der Waals surface area contributed by atoms with E-state index in [0.717, 1.165) is 6.07 Å². The van der Waals surface area contributed by atoms with E-state index in [1.807, 2.05) is 0 Å². The highest BCUT2D eigenvalue weighted by atomic mass is 79.9. The minimum atomic E-state index is -0.718.